The van der Waals surface area contributed by atoms with Gasteiger partial charge >= 0.3 is 0 Å². The summed E-state index contributed by atoms with van der Waals surface area (Å²) in [5, 5.41) is 4.13. The fourth-order valence-electron chi connectivity index (χ4n) is 1.63. The summed E-state index contributed by atoms with van der Waals surface area (Å²) >= 11 is 3.35. The minimum atomic E-state index is 0.0231. The number of hydrogen-bond acceptors (Lipinski definition) is 3. The lowest BCUT2D eigenvalue weighted by Gasteiger charge is -2.04. The Bertz CT molecular complexity index is 522. The van der Waals surface area contributed by atoms with Gasteiger partial charge in [-0.1, -0.05) is 6.07 Å². The third kappa shape index (κ3) is 2.61. The highest BCUT2D eigenvalue weighted by Gasteiger charge is 2.16. The number of rotatable bonds is 4. The largest absolute Gasteiger partial charge is 0.292 e. The number of carbonyl (C=O) groups excluding carboxylic acids is 1. The van der Waals surface area contributed by atoms with Crippen LogP contribution in [0.15, 0.2) is 35.1 Å². The van der Waals surface area contributed by atoms with Crippen molar-refractivity contribution in [1.82, 2.24) is 14.8 Å². The maximum atomic E-state index is 12.1. The highest BCUT2D eigenvalue weighted by atomic mass is 79.9. The van der Waals surface area contributed by atoms with Gasteiger partial charge in [0.05, 0.1) is 17.1 Å². The van der Waals surface area contributed by atoms with E-state index in [-0.39, 0.29) is 5.78 Å². The van der Waals surface area contributed by atoms with Gasteiger partial charge in [-0.25, -0.2) is 0 Å². The van der Waals surface area contributed by atoms with E-state index >= 15 is 0 Å². The van der Waals surface area contributed by atoms with Crippen LogP contribution in [0.2, 0.25) is 0 Å². The smallest absolute Gasteiger partial charge is 0.187 e. The zero-order chi connectivity index (χ0) is 12.3. The van der Waals surface area contributed by atoms with Crippen LogP contribution in [-0.4, -0.2) is 20.5 Å². The number of aromatic nitrogens is 3. The van der Waals surface area contributed by atoms with E-state index < -0.39 is 0 Å². The molecule has 0 radical (unpaired) electrons. The fourth-order valence-corrected chi connectivity index (χ4v) is 2.15. The molecule has 0 atom stereocenters. The van der Waals surface area contributed by atoms with E-state index in [0.29, 0.717) is 18.7 Å². The Morgan fingerprint density at radius 1 is 1.47 bits per heavy atom. The van der Waals surface area contributed by atoms with Crippen molar-refractivity contribution in [3.63, 3.8) is 0 Å². The Hall–Kier alpha value is -1.49. The van der Waals surface area contributed by atoms with Crippen molar-refractivity contribution in [3.8, 4) is 0 Å². The molecule has 0 N–H and O–H groups in total. The molecule has 0 saturated carbocycles. The van der Waals surface area contributed by atoms with E-state index in [2.05, 4.69) is 26.0 Å². The predicted octanol–water partition coefficient (Wildman–Crippen LogP) is 2.49. The molecular weight excluding hydrogens is 282 g/mol. The lowest BCUT2D eigenvalue weighted by Crippen LogP contribution is -2.12. The van der Waals surface area contributed by atoms with Crippen LogP contribution < -0.4 is 0 Å². The highest BCUT2D eigenvalue weighted by Crippen LogP contribution is 2.17. The minimum absolute atomic E-state index is 0.0231. The molecule has 0 aromatic carbocycles. The van der Waals surface area contributed by atoms with Gasteiger partial charge in [-0.05, 0) is 35.0 Å². The number of carbonyl (C=O) groups is 1. The third-order valence-corrected chi connectivity index (χ3v) is 3.01. The quantitative estimate of drug-likeness (QED) is 0.814. The Labute approximate surface area is 108 Å². The second kappa shape index (κ2) is 5.23. The molecule has 0 amide bonds. The zero-order valence-electron chi connectivity index (χ0n) is 9.43. The summed E-state index contributed by atoms with van der Waals surface area (Å²) < 4.78 is 2.43. The first-order valence-electron chi connectivity index (χ1n) is 5.36. The first-order valence-corrected chi connectivity index (χ1v) is 6.16. The van der Waals surface area contributed by atoms with Crippen LogP contribution >= 0.6 is 15.9 Å². The fraction of sp³-hybridized carbons (Fsp3) is 0.250. The SMILES string of the molecule is CCn1ncc(Br)c1C(=O)Cc1ccccn1. The molecule has 4 nitrogen and oxygen atoms in total. The average Bonchev–Trinajstić information content (AvgIpc) is 2.71. The van der Waals surface area contributed by atoms with Gasteiger partial charge in [-0.3, -0.25) is 14.5 Å². The molecule has 0 aliphatic heterocycles. The number of ketones is 1. The van der Waals surface area contributed by atoms with E-state index in [0.717, 1.165) is 10.2 Å². The standard InChI is InChI=1S/C12H12BrN3O/c1-2-16-12(10(13)8-15-16)11(17)7-9-5-3-4-6-14-9/h3-6,8H,2,7H2,1H3. The molecule has 0 spiro atoms. The average molecular weight is 294 g/mol. The van der Waals surface area contributed by atoms with Crippen molar-refractivity contribution in [2.24, 2.45) is 0 Å². The molecule has 0 fully saturated rings. The number of hydrogen-bond donors (Lipinski definition) is 0. The maximum Gasteiger partial charge on any atom is 0.187 e. The molecule has 2 heterocycles. The summed E-state index contributed by atoms with van der Waals surface area (Å²) in [6.45, 7) is 2.63. The van der Waals surface area contributed by atoms with Crippen LogP contribution in [0, 0.1) is 0 Å². The summed E-state index contributed by atoms with van der Waals surface area (Å²) in [6, 6.07) is 5.56. The van der Waals surface area contributed by atoms with Crippen molar-refractivity contribution in [2.75, 3.05) is 0 Å². The lowest BCUT2D eigenvalue weighted by atomic mass is 10.1. The monoisotopic (exact) mass is 293 g/mol. The zero-order valence-corrected chi connectivity index (χ0v) is 11.0. The van der Waals surface area contributed by atoms with Gasteiger partial charge in [0.1, 0.15) is 5.69 Å². The second-order valence-corrected chi connectivity index (χ2v) is 4.43. The lowest BCUT2D eigenvalue weighted by molar-refractivity contribution is 0.0981. The summed E-state index contributed by atoms with van der Waals surface area (Å²) in [5.41, 5.74) is 1.38. The minimum Gasteiger partial charge on any atom is -0.292 e. The van der Waals surface area contributed by atoms with E-state index in [4.69, 9.17) is 0 Å². The van der Waals surface area contributed by atoms with Crippen LogP contribution in [0.4, 0.5) is 0 Å². The van der Waals surface area contributed by atoms with Crippen molar-refractivity contribution < 1.29 is 4.79 Å². The molecule has 0 saturated heterocycles. The maximum absolute atomic E-state index is 12.1. The van der Waals surface area contributed by atoms with Crippen molar-refractivity contribution in [1.29, 1.82) is 0 Å². The van der Waals surface area contributed by atoms with E-state index in [9.17, 15) is 4.79 Å². The van der Waals surface area contributed by atoms with Crippen LogP contribution in [0.1, 0.15) is 23.1 Å². The second-order valence-electron chi connectivity index (χ2n) is 3.58. The Balaban J connectivity index is 2.23. The molecule has 0 aliphatic carbocycles. The Morgan fingerprint density at radius 3 is 2.94 bits per heavy atom. The number of Topliss-reactive ketones (excluding diaryl/α,β-unsaturated/α-hetero) is 1. The molecule has 2 aromatic rings. The van der Waals surface area contributed by atoms with Crippen LogP contribution in [0.25, 0.3) is 0 Å². The van der Waals surface area contributed by atoms with Gasteiger partial charge < -0.3 is 0 Å². The van der Waals surface area contributed by atoms with Crippen molar-refractivity contribution in [3.05, 3.63) is 46.5 Å². The molecule has 88 valence electrons. The first-order chi connectivity index (χ1) is 8.22. The predicted molar refractivity (Wildman–Crippen MR) is 67.9 cm³/mol. The van der Waals surface area contributed by atoms with Crippen LogP contribution in [0.3, 0.4) is 0 Å². The van der Waals surface area contributed by atoms with E-state index in [1.807, 2.05) is 25.1 Å². The number of aryl methyl sites for hydroxylation is 1. The molecule has 17 heavy (non-hydrogen) atoms. The molecule has 0 bridgehead atoms. The summed E-state index contributed by atoms with van der Waals surface area (Å²) in [6.07, 6.45) is 3.63. The number of pyridine rings is 1. The number of nitrogens with zero attached hydrogens (tertiary/aromatic N) is 3. The molecule has 5 heteroatoms. The topological polar surface area (TPSA) is 47.8 Å². The van der Waals surface area contributed by atoms with Gasteiger partial charge in [0.25, 0.3) is 0 Å². The van der Waals surface area contributed by atoms with Crippen molar-refractivity contribution in [2.45, 2.75) is 19.9 Å². The highest BCUT2D eigenvalue weighted by molar-refractivity contribution is 9.10. The van der Waals surface area contributed by atoms with Gasteiger partial charge in [0, 0.05) is 18.4 Å². The summed E-state index contributed by atoms with van der Waals surface area (Å²) in [5.74, 6) is 0.0231. The van der Waals surface area contributed by atoms with E-state index in [1.165, 1.54) is 0 Å². The van der Waals surface area contributed by atoms with Crippen LogP contribution in [-0.2, 0) is 13.0 Å². The molecular formula is C12H12BrN3O. The first kappa shape index (κ1) is 12.0. The van der Waals surface area contributed by atoms with Gasteiger partial charge in [-0.2, -0.15) is 5.10 Å². The van der Waals surface area contributed by atoms with Gasteiger partial charge in [-0.15, -0.1) is 0 Å². The van der Waals surface area contributed by atoms with Gasteiger partial charge in [0.15, 0.2) is 5.78 Å². The Kier molecular flexibility index (Phi) is 3.68. The van der Waals surface area contributed by atoms with E-state index in [1.54, 1.807) is 17.1 Å². The third-order valence-electron chi connectivity index (χ3n) is 2.43. The molecule has 0 unspecified atom stereocenters. The molecule has 2 rings (SSSR count). The summed E-state index contributed by atoms with van der Waals surface area (Å²) in [7, 11) is 0. The van der Waals surface area contributed by atoms with Gasteiger partial charge in [0.2, 0.25) is 0 Å². The molecule has 0 aliphatic rings. The normalized spacial score (nSPS) is 10.5. The molecule has 2 aromatic heterocycles. The van der Waals surface area contributed by atoms with Crippen LogP contribution in [0.5, 0.6) is 0 Å². The summed E-state index contributed by atoms with van der Waals surface area (Å²) in [4.78, 5) is 16.3. The van der Waals surface area contributed by atoms with Crippen molar-refractivity contribution >= 4 is 21.7 Å². The number of halogens is 1. The Morgan fingerprint density at radius 2 is 2.29 bits per heavy atom.